The second kappa shape index (κ2) is 7.52. The van der Waals surface area contributed by atoms with Crippen LogP contribution in [0.25, 0.3) is 0 Å². The molecular formula is C12H20N4O3. The summed E-state index contributed by atoms with van der Waals surface area (Å²) < 4.78 is 1.62. The fourth-order valence-corrected chi connectivity index (χ4v) is 1.70. The first-order valence-electron chi connectivity index (χ1n) is 6.30. The summed E-state index contributed by atoms with van der Waals surface area (Å²) in [6.07, 6.45) is 4.96. The van der Waals surface area contributed by atoms with Crippen molar-refractivity contribution in [1.29, 1.82) is 0 Å². The van der Waals surface area contributed by atoms with Gasteiger partial charge in [-0.2, -0.15) is 0 Å². The minimum Gasteiger partial charge on any atom is -0.476 e. The predicted molar refractivity (Wildman–Crippen MR) is 69.7 cm³/mol. The molecule has 0 fully saturated rings. The molecular weight excluding hydrogens is 248 g/mol. The number of imidazole rings is 1. The Bertz CT molecular complexity index is 430. The molecule has 1 aromatic heterocycles. The van der Waals surface area contributed by atoms with E-state index in [1.165, 1.54) is 12.5 Å². The normalized spacial score (nSPS) is 12.1. The fraction of sp³-hybridized carbons (Fsp3) is 0.583. The molecule has 19 heavy (non-hydrogen) atoms. The van der Waals surface area contributed by atoms with Gasteiger partial charge in [-0.1, -0.05) is 13.3 Å². The zero-order chi connectivity index (χ0) is 14.3. The van der Waals surface area contributed by atoms with Crippen LogP contribution in [0.15, 0.2) is 12.5 Å². The fourth-order valence-electron chi connectivity index (χ4n) is 1.70. The van der Waals surface area contributed by atoms with E-state index >= 15 is 0 Å². The highest BCUT2D eigenvalue weighted by atomic mass is 16.4. The molecule has 1 aromatic rings. The molecule has 1 heterocycles. The summed E-state index contributed by atoms with van der Waals surface area (Å²) in [7, 11) is 0. The van der Waals surface area contributed by atoms with Crippen LogP contribution in [-0.4, -0.2) is 39.1 Å². The number of aromatic nitrogens is 2. The first-order chi connectivity index (χ1) is 9.02. The summed E-state index contributed by atoms with van der Waals surface area (Å²) in [4.78, 5) is 25.9. The first-order valence-corrected chi connectivity index (χ1v) is 6.30. The lowest BCUT2D eigenvalue weighted by molar-refractivity contribution is -0.121. The summed E-state index contributed by atoms with van der Waals surface area (Å²) in [6, 6.07) is -0.100. The second-order valence-corrected chi connectivity index (χ2v) is 4.40. The Morgan fingerprint density at radius 1 is 1.58 bits per heavy atom. The number of rotatable bonds is 8. The zero-order valence-corrected chi connectivity index (χ0v) is 11.0. The highest BCUT2D eigenvalue weighted by molar-refractivity contribution is 5.84. The minimum atomic E-state index is -1.06. The molecule has 0 saturated heterocycles. The molecule has 1 atom stereocenters. The summed E-state index contributed by atoms with van der Waals surface area (Å²) in [5.74, 6) is -1.15. The number of hydrogen-bond donors (Lipinski definition) is 3. The smallest absolute Gasteiger partial charge is 0.356 e. The van der Waals surface area contributed by atoms with Gasteiger partial charge in [0, 0.05) is 31.7 Å². The molecule has 4 N–H and O–H groups in total. The van der Waals surface area contributed by atoms with Crippen LogP contribution < -0.4 is 11.1 Å². The van der Waals surface area contributed by atoms with E-state index in [1.807, 2.05) is 6.92 Å². The van der Waals surface area contributed by atoms with Crippen molar-refractivity contribution < 1.29 is 14.7 Å². The van der Waals surface area contributed by atoms with Crippen LogP contribution in [0.3, 0.4) is 0 Å². The highest BCUT2D eigenvalue weighted by Crippen LogP contribution is 1.98. The van der Waals surface area contributed by atoms with E-state index in [1.54, 1.807) is 4.57 Å². The van der Waals surface area contributed by atoms with Crippen molar-refractivity contribution in [3.63, 3.8) is 0 Å². The molecule has 106 valence electrons. The minimum absolute atomic E-state index is 0.00343. The van der Waals surface area contributed by atoms with E-state index in [0.717, 1.165) is 12.8 Å². The molecule has 0 spiro atoms. The van der Waals surface area contributed by atoms with Crippen LogP contribution in [0.4, 0.5) is 0 Å². The Morgan fingerprint density at radius 2 is 2.32 bits per heavy atom. The lowest BCUT2D eigenvalue weighted by Gasteiger charge is -2.10. The van der Waals surface area contributed by atoms with E-state index in [4.69, 9.17) is 10.8 Å². The standard InChI is InChI=1S/C12H20N4O3/c1-2-3-9(13)6-11(17)14-4-5-16-7-10(12(18)19)15-8-16/h7-9H,2-6,13H2,1H3,(H,14,17)(H,18,19). The van der Waals surface area contributed by atoms with Crippen LogP contribution >= 0.6 is 0 Å². The van der Waals surface area contributed by atoms with Gasteiger partial charge in [0.2, 0.25) is 5.91 Å². The molecule has 7 heteroatoms. The number of hydrogen-bond acceptors (Lipinski definition) is 4. The summed E-state index contributed by atoms with van der Waals surface area (Å²) in [5.41, 5.74) is 5.76. The van der Waals surface area contributed by atoms with Gasteiger partial charge in [0.25, 0.3) is 0 Å². The maximum absolute atomic E-state index is 11.5. The number of carboxylic acid groups (broad SMARTS) is 1. The zero-order valence-electron chi connectivity index (χ0n) is 11.0. The number of carbonyl (C=O) groups excluding carboxylic acids is 1. The SMILES string of the molecule is CCCC(N)CC(=O)NCCn1cnc(C(=O)O)c1. The van der Waals surface area contributed by atoms with Crippen molar-refractivity contribution in [3.05, 3.63) is 18.2 Å². The maximum atomic E-state index is 11.5. The maximum Gasteiger partial charge on any atom is 0.356 e. The van der Waals surface area contributed by atoms with Crippen molar-refractivity contribution in [2.24, 2.45) is 5.73 Å². The number of carbonyl (C=O) groups is 2. The summed E-state index contributed by atoms with van der Waals surface area (Å²) in [5, 5.41) is 11.4. The Hall–Kier alpha value is -1.89. The molecule has 1 rings (SSSR count). The van der Waals surface area contributed by atoms with Gasteiger partial charge in [-0.25, -0.2) is 9.78 Å². The van der Waals surface area contributed by atoms with Gasteiger partial charge in [0.05, 0.1) is 6.33 Å². The largest absolute Gasteiger partial charge is 0.476 e. The number of aromatic carboxylic acids is 1. The van der Waals surface area contributed by atoms with Gasteiger partial charge in [0.15, 0.2) is 5.69 Å². The molecule has 1 unspecified atom stereocenters. The second-order valence-electron chi connectivity index (χ2n) is 4.40. The highest BCUT2D eigenvalue weighted by Gasteiger charge is 2.09. The summed E-state index contributed by atoms with van der Waals surface area (Å²) >= 11 is 0. The van der Waals surface area contributed by atoms with Gasteiger partial charge < -0.3 is 20.7 Å². The van der Waals surface area contributed by atoms with Crippen molar-refractivity contribution in [2.75, 3.05) is 6.54 Å². The predicted octanol–water partition coefficient (Wildman–Crippen LogP) is 0.215. The number of nitrogens with zero attached hydrogens (tertiary/aromatic N) is 2. The van der Waals surface area contributed by atoms with Crippen molar-refractivity contribution >= 4 is 11.9 Å². The van der Waals surface area contributed by atoms with E-state index in [2.05, 4.69) is 10.3 Å². The van der Waals surface area contributed by atoms with E-state index in [-0.39, 0.29) is 17.6 Å². The number of carboxylic acids is 1. The molecule has 0 aromatic carbocycles. The first kappa shape index (κ1) is 15.2. The third kappa shape index (κ3) is 5.52. The molecule has 0 bridgehead atoms. The van der Waals surface area contributed by atoms with Gasteiger partial charge >= 0.3 is 5.97 Å². The van der Waals surface area contributed by atoms with E-state index < -0.39 is 5.97 Å². The molecule has 1 amide bonds. The Kier molecular flexibility index (Phi) is 6.01. The average molecular weight is 268 g/mol. The average Bonchev–Trinajstić information content (AvgIpc) is 2.78. The molecule has 0 saturated carbocycles. The summed E-state index contributed by atoms with van der Waals surface area (Å²) in [6.45, 7) is 2.93. The lowest BCUT2D eigenvalue weighted by atomic mass is 10.1. The Morgan fingerprint density at radius 3 is 2.89 bits per heavy atom. The molecule has 0 aliphatic carbocycles. The number of amides is 1. The van der Waals surface area contributed by atoms with E-state index in [9.17, 15) is 9.59 Å². The third-order valence-electron chi connectivity index (χ3n) is 2.65. The topological polar surface area (TPSA) is 110 Å². The van der Waals surface area contributed by atoms with Gasteiger partial charge in [-0.05, 0) is 6.42 Å². The monoisotopic (exact) mass is 268 g/mol. The Balaban J connectivity index is 2.25. The molecule has 7 nitrogen and oxygen atoms in total. The van der Waals surface area contributed by atoms with Crippen molar-refractivity contribution in [2.45, 2.75) is 38.8 Å². The van der Waals surface area contributed by atoms with Crippen molar-refractivity contribution in [3.8, 4) is 0 Å². The molecule has 0 aliphatic rings. The quantitative estimate of drug-likeness (QED) is 0.624. The van der Waals surface area contributed by atoms with Gasteiger partial charge in [0.1, 0.15) is 0 Å². The van der Waals surface area contributed by atoms with Crippen LogP contribution in [0.2, 0.25) is 0 Å². The van der Waals surface area contributed by atoms with Crippen LogP contribution in [-0.2, 0) is 11.3 Å². The molecule has 0 aliphatic heterocycles. The van der Waals surface area contributed by atoms with Gasteiger partial charge in [-0.3, -0.25) is 4.79 Å². The third-order valence-corrected chi connectivity index (χ3v) is 2.65. The van der Waals surface area contributed by atoms with Crippen molar-refractivity contribution in [1.82, 2.24) is 14.9 Å². The van der Waals surface area contributed by atoms with Gasteiger partial charge in [-0.15, -0.1) is 0 Å². The lowest BCUT2D eigenvalue weighted by Crippen LogP contribution is -2.33. The number of nitrogens with one attached hydrogen (secondary N) is 1. The molecule has 0 radical (unpaired) electrons. The number of nitrogens with two attached hydrogens (primary N) is 1. The van der Waals surface area contributed by atoms with Crippen LogP contribution in [0, 0.1) is 0 Å². The van der Waals surface area contributed by atoms with E-state index in [0.29, 0.717) is 19.5 Å². The Labute approximate surface area is 111 Å². The van der Waals surface area contributed by atoms with Crippen LogP contribution in [0.5, 0.6) is 0 Å². The van der Waals surface area contributed by atoms with Crippen LogP contribution in [0.1, 0.15) is 36.7 Å².